The van der Waals surface area contributed by atoms with Crippen molar-refractivity contribution in [2.75, 3.05) is 26.7 Å². The lowest BCUT2D eigenvalue weighted by Crippen LogP contribution is -2.45. The lowest BCUT2D eigenvalue weighted by atomic mass is 9.90. The van der Waals surface area contributed by atoms with Crippen LogP contribution in [0.4, 0.5) is 0 Å². The molecule has 0 spiro atoms. The maximum atomic E-state index is 11.9. The van der Waals surface area contributed by atoms with E-state index >= 15 is 0 Å². The maximum Gasteiger partial charge on any atom is 0.221 e. The van der Waals surface area contributed by atoms with E-state index < -0.39 is 0 Å². The lowest BCUT2D eigenvalue weighted by molar-refractivity contribution is -0.122. The van der Waals surface area contributed by atoms with E-state index in [1.165, 1.54) is 12.8 Å². The number of carbonyl (C=O) groups excluding carboxylic acids is 1. The van der Waals surface area contributed by atoms with Gasteiger partial charge in [-0.2, -0.15) is 0 Å². The smallest absolute Gasteiger partial charge is 0.221 e. The van der Waals surface area contributed by atoms with Crippen LogP contribution in [0.2, 0.25) is 0 Å². The van der Waals surface area contributed by atoms with Gasteiger partial charge >= 0.3 is 0 Å². The number of carbonyl (C=O) groups is 1. The van der Waals surface area contributed by atoms with Gasteiger partial charge in [-0.15, -0.1) is 0 Å². The van der Waals surface area contributed by atoms with E-state index in [2.05, 4.69) is 29.5 Å². The Kier molecular flexibility index (Phi) is 4.40. The molecule has 0 radical (unpaired) electrons. The van der Waals surface area contributed by atoms with Gasteiger partial charge in [0.1, 0.15) is 0 Å². The van der Waals surface area contributed by atoms with Crippen LogP contribution in [0.25, 0.3) is 0 Å². The van der Waals surface area contributed by atoms with Crippen molar-refractivity contribution in [1.82, 2.24) is 15.5 Å². The molecule has 4 nitrogen and oxygen atoms in total. The number of amides is 1. The minimum absolute atomic E-state index is 0.219. The molecule has 0 aromatic rings. The summed E-state index contributed by atoms with van der Waals surface area (Å²) in [5, 5.41) is 6.62. The largest absolute Gasteiger partial charge is 0.352 e. The molecule has 1 amide bonds. The van der Waals surface area contributed by atoms with E-state index in [1.807, 2.05) is 0 Å². The standard InChI is InChI=1S/C13H25N3O/c1-10-4-3-6-14-12(10)8-13(17)15-11-5-7-16(2)9-11/h10-12,14H,3-9H2,1-2H3,(H,15,17). The lowest BCUT2D eigenvalue weighted by Gasteiger charge is -2.30. The number of likely N-dealkylation sites (N-methyl/N-ethyl adjacent to an activating group) is 1. The highest BCUT2D eigenvalue weighted by molar-refractivity contribution is 5.77. The van der Waals surface area contributed by atoms with Gasteiger partial charge in [-0.25, -0.2) is 0 Å². The molecule has 0 aromatic heterocycles. The van der Waals surface area contributed by atoms with Crippen LogP contribution in [0.1, 0.15) is 32.6 Å². The van der Waals surface area contributed by atoms with Gasteiger partial charge in [0.25, 0.3) is 0 Å². The Labute approximate surface area is 104 Å². The molecule has 2 aliphatic heterocycles. The minimum atomic E-state index is 0.219. The van der Waals surface area contributed by atoms with E-state index in [0.29, 0.717) is 24.4 Å². The number of rotatable bonds is 3. The van der Waals surface area contributed by atoms with Crippen molar-refractivity contribution < 1.29 is 4.79 Å². The molecule has 0 saturated carbocycles. The SMILES string of the molecule is CC1CCCNC1CC(=O)NC1CCN(C)C1. The quantitative estimate of drug-likeness (QED) is 0.757. The van der Waals surface area contributed by atoms with Gasteiger partial charge in [0, 0.05) is 25.0 Å². The van der Waals surface area contributed by atoms with Crippen molar-refractivity contribution in [2.45, 2.75) is 44.7 Å². The molecular weight excluding hydrogens is 214 g/mol. The molecule has 0 bridgehead atoms. The Bertz CT molecular complexity index is 269. The summed E-state index contributed by atoms with van der Waals surface area (Å²) in [5.74, 6) is 0.845. The second-order valence-corrected chi connectivity index (χ2v) is 5.70. The first-order chi connectivity index (χ1) is 8.15. The van der Waals surface area contributed by atoms with Crippen molar-refractivity contribution in [3.63, 3.8) is 0 Å². The predicted octanol–water partition coefficient (Wildman–Crippen LogP) is 0.585. The van der Waals surface area contributed by atoms with Gasteiger partial charge in [-0.05, 0) is 45.3 Å². The number of hydrogen-bond donors (Lipinski definition) is 2. The summed E-state index contributed by atoms with van der Waals surface area (Å²) < 4.78 is 0. The van der Waals surface area contributed by atoms with Crippen LogP contribution in [0.15, 0.2) is 0 Å². The van der Waals surface area contributed by atoms with Gasteiger partial charge in [0.05, 0.1) is 0 Å². The Morgan fingerprint density at radius 1 is 1.47 bits per heavy atom. The molecule has 0 aromatic carbocycles. The summed E-state index contributed by atoms with van der Waals surface area (Å²) in [6.45, 7) is 5.41. The number of hydrogen-bond acceptors (Lipinski definition) is 3. The zero-order valence-corrected chi connectivity index (χ0v) is 11.0. The normalized spacial score (nSPS) is 34.8. The first-order valence-electron chi connectivity index (χ1n) is 6.86. The summed E-state index contributed by atoms with van der Waals surface area (Å²) in [6.07, 6.45) is 4.22. The maximum absolute atomic E-state index is 11.9. The first kappa shape index (κ1) is 12.8. The van der Waals surface area contributed by atoms with Gasteiger partial charge in [0.2, 0.25) is 5.91 Å². The Balaban J connectivity index is 1.73. The van der Waals surface area contributed by atoms with Crippen molar-refractivity contribution >= 4 is 5.91 Å². The third-order valence-electron chi connectivity index (χ3n) is 4.09. The zero-order valence-electron chi connectivity index (χ0n) is 11.0. The summed E-state index contributed by atoms with van der Waals surface area (Å²) >= 11 is 0. The predicted molar refractivity (Wildman–Crippen MR) is 68.9 cm³/mol. The van der Waals surface area contributed by atoms with Crippen LogP contribution in [-0.4, -0.2) is 49.6 Å². The molecule has 2 heterocycles. The number of nitrogens with zero attached hydrogens (tertiary/aromatic N) is 1. The van der Waals surface area contributed by atoms with Crippen LogP contribution in [0.5, 0.6) is 0 Å². The van der Waals surface area contributed by atoms with Crippen LogP contribution in [0, 0.1) is 5.92 Å². The van der Waals surface area contributed by atoms with Crippen LogP contribution in [0.3, 0.4) is 0 Å². The van der Waals surface area contributed by atoms with E-state index in [0.717, 1.165) is 26.1 Å². The fourth-order valence-electron chi connectivity index (χ4n) is 2.93. The molecule has 4 heteroatoms. The fourth-order valence-corrected chi connectivity index (χ4v) is 2.93. The van der Waals surface area contributed by atoms with E-state index in [4.69, 9.17) is 0 Å². The molecular formula is C13H25N3O. The molecule has 2 fully saturated rings. The number of piperidine rings is 1. The van der Waals surface area contributed by atoms with Crippen molar-refractivity contribution in [3.05, 3.63) is 0 Å². The minimum Gasteiger partial charge on any atom is -0.352 e. The Morgan fingerprint density at radius 2 is 2.29 bits per heavy atom. The summed E-state index contributed by atoms with van der Waals surface area (Å²) in [7, 11) is 2.11. The molecule has 98 valence electrons. The van der Waals surface area contributed by atoms with Gasteiger partial charge in [0.15, 0.2) is 0 Å². The van der Waals surface area contributed by atoms with Gasteiger partial charge < -0.3 is 15.5 Å². The van der Waals surface area contributed by atoms with E-state index in [-0.39, 0.29) is 5.91 Å². The Morgan fingerprint density at radius 3 is 2.94 bits per heavy atom. The second-order valence-electron chi connectivity index (χ2n) is 5.70. The Hall–Kier alpha value is -0.610. The highest BCUT2D eigenvalue weighted by Gasteiger charge is 2.25. The van der Waals surface area contributed by atoms with Crippen molar-refractivity contribution in [2.24, 2.45) is 5.92 Å². The third kappa shape index (κ3) is 3.68. The second kappa shape index (κ2) is 5.83. The molecule has 2 saturated heterocycles. The molecule has 2 N–H and O–H groups in total. The summed E-state index contributed by atoms with van der Waals surface area (Å²) in [5.41, 5.74) is 0. The average molecular weight is 239 g/mol. The molecule has 3 unspecified atom stereocenters. The molecule has 0 aliphatic carbocycles. The average Bonchev–Trinajstić information content (AvgIpc) is 2.67. The van der Waals surface area contributed by atoms with Crippen LogP contribution in [-0.2, 0) is 4.79 Å². The highest BCUT2D eigenvalue weighted by Crippen LogP contribution is 2.18. The zero-order chi connectivity index (χ0) is 12.3. The van der Waals surface area contributed by atoms with Gasteiger partial charge in [-0.3, -0.25) is 4.79 Å². The topological polar surface area (TPSA) is 44.4 Å². The van der Waals surface area contributed by atoms with Crippen LogP contribution < -0.4 is 10.6 Å². The third-order valence-corrected chi connectivity index (χ3v) is 4.09. The molecule has 2 rings (SSSR count). The van der Waals surface area contributed by atoms with E-state index in [9.17, 15) is 4.79 Å². The van der Waals surface area contributed by atoms with E-state index in [1.54, 1.807) is 0 Å². The molecule has 2 aliphatic rings. The summed E-state index contributed by atoms with van der Waals surface area (Å²) in [6, 6.07) is 0.745. The van der Waals surface area contributed by atoms with Crippen molar-refractivity contribution in [3.8, 4) is 0 Å². The first-order valence-corrected chi connectivity index (χ1v) is 6.86. The van der Waals surface area contributed by atoms with Crippen LogP contribution >= 0.6 is 0 Å². The number of likely N-dealkylation sites (tertiary alicyclic amines) is 1. The highest BCUT2D eigenvalue weighted by atomic mass is 16.1. The number of nitrogens with one attached hydrogen (secondary N) is 2. The van der Waals surface area contributed by atoms with Gasteiger partial charge in [-0.1, -0.05) is 6.92 Å². The fraction of sp³-hybridized carbons (Fsp3) is 0.923. The molecule has 17 heavy (non-hydrogen) atoms. The van der Waals surface area contributed by atoms with Crippen molar-refractivity contribution in [1.29, 1.82) is 0 Å². The molecule has 3 atom stereocenters. The summed E-state index contributed by atoms with van der Waals surface area (Å²) in [4.78, 5) is 14.2. The monoisotopic (exact) mass is 239 g/mol.